The van der Waals surface area contributed by atoms with E-state index in [9.17, 15) is 0 Å². The molecule has 0 atom stereocenters. The molecule has 24 heavy (non-hydrogen) atoms. The van der Waals surface area contributed by atoms with Gasteiger partial charge in [0.05, 0.1) is 16.4 Å². The maximum Gasteiger partial charge on any atom is 0.133 e. The molecule has 0 saturated carbocycles. The number of aryl methyl sites for hydroxylation is 2. The molecular formula is C19H17Cl2N3. The van der Waals surface area contributed by atoms with E-state index in [1.807, 2.05) is 16.8 Å². The number of nitrogens with one attached hydrogen (secondary N) is 1. The van der Waals surface area contributed by atoms with Crippen LogP contribution in [0.25, 0.3) is 16.9 Å². The first kappa shape index (κ1) is 15.6. The van der Waals surface area contributed by atoms with Crippen LogP contribution >= 0.6 is 23.2 Å². The summed E-state index contributed by atoms with van der Waals surface area (Å²) < 4.78 is 1.97. The molecule has 3 nitrogen and oxygen atoms in total. The zero-order valence-corrected chi connectivity index (χ0v) is 15.0. The summed E-state index contributed by atoms with van der Waals surface area (Å²) in [5.74, 6) is 1.05. The summed E-state index contributed by atoms with van der Waals surface area (Å²) in [6.45, 7) is 5.13. The number of rotatable bonds is 2. The Morgan fingerprint density at radius 1 is 1.04 bits per heavy atom. The van der Waals surface area contributed by atoms with E-state index >= 15 is 0 Å². The minimum atomic E-state index is 0.662. The molecule has 3 aromatic rings. The Bertz CT molecular complexity index is 944. The lowest BCUT2D eigenvalue weighted by Crippen LogP contribution is -2.04. The largest absolute Gasteiger partial charge is 0.369 e. The Balaban J connectivity index is 1.92. The van der Waals surface area contributed by atoms with Gasteiger partial charge in [-0.2, -0.15) is 5.10 Å². The van der Waals surface area contributed by atoms with Crippen molar-refractivity contribution >= 4 is 29.0 Å². The molecule has 4 rings (SSSR count). The third kappa shape index (κ3) is 2.48. The Morgan fingerprint density at radius 2 is 1.88 bits per heavy atom. The second-order valence-corrected chi connectivity index (χ2v) is 7.00. The molecule has 1 aromatic heterocycles. The normalized spacial score (nSPS) is 13.0. The third-order valence-corrected chi connectivity index (χ3v) is 5.13. The number of hydrogen-bond donors (Lipinski definition) is 1. The molecule has 2 aromatic carbocycles. The summed E-state index contributed by atoms with van der Waals surface area (Å²) in [5, 5.41) is 9.63. The highest BCUT2D eigenvalue weighted by Gasteiger charge is 2.25. The van der Waals surface area contributed by atoms with Crippen molar-refractivity contribution in [3.8, 4) is 16.9 Å². The Hall–Kier alpha value is -1.97. The third-order valence-electron chi connectivity index (χ3n) is 4.57. The lowest BCUT2D eigenvalue weighted by molar-refractivity contribution is 0.880. The molecule has 0 spiro atoms. The summed E-state index contributed by atoms with van der Waals surface area (Å²) in [4.78, 5) is 0. The minimum Gasteiger partial charge on any atom is -0.369 e. The van der Waals surface area contributed by atoms with Crippen LogP contribution in [-0.2, 0) is 6.42 Å². The van der Waals surface area contributed by atoms with Crippen LogP contribution < -0.4 is 5.32 Å². The van der Waals surface area contributed by atoms with Gasteiger partial charge in [0.2, 0.25) is 0 Å². The second kappa shape index (κ2) is 5.83. The molecule has 1 aliphatic rings. The van der Waals surface area contributed by atoms with Crippen molar-refractivity contribution in [2.24, 2.45) is 0 Å². The van der Waals surface area contributed by atoms with E-state index in [1.54, 1.807) is 6.07 Å². The summed E-state index contributed by atoms with van der Waals surface area (Å²) in [7, 11) is 0. The smallest absolute Gasteiger partial charge is 0.133 e. The van der Waals surface area contributed by atoms with Gasteiger partial charge in [-0.3, -0.25) is 0 Å². The molecule has 1 aliphatic heterocycles. The van der Waals surface area contributed by atoms with Gasteiger partial charge in [0, 0.05) is 22.7 Å². The lowest BCUT2D eigenvalue weighted by Gasteiger charge is -2.09. The number of benzene rings is 2. The fraction of sp³-hybridized carbons (Fsp3) is 0.211. The Labute approximate surface area is 151 Å². The first-order valence-corrected chi connectivity index (χ1v) is 8.69. The molecule has 0 saturated heterocycles. The molecule has 0 unspecified atom stereocenters. The fourth-order valence-corrected chi connectivity index (χ4v) is 3.49. The number of aromatic nitrogens is 2. The standard InChI is InChI=1S/C19H17Cl2N3/c1-11-3-5-14(9-12(11)2)24-19-15(7-8-22-19)18(23-24)16-10-13(20)4-6-17(16)21/h3-6,9-10,22H,7-8H2,1-2H3. The monoisotopic (exact) mass is 357 g/mol. The highest BCUT2D eigenvalue weighted by molar-refractivity contribution is 6.35. The van der Waals surface area contributed by atoms with Gasteiger partial charge in [0.1, 0.15) is 5.82 Å². The lowest BCUT2D eigenvalue weighted by atomic mass is 10.1. The number of fused-ring (bicyclic) bond motifs is 1. The van der Waals surface area contributed by atoms with Crippen LogP contribution in [0.15, 0.2) is 36.4 Å². The van der Waals surface area contributed by atoms with Crippen LogP contribution in [-0.4, -0.2) is 16.3 Å². The zero-order chi connectivity index (χ0) is 16.8. The van der Waals surface area contributed by atoms with Crippen LogP contribution in [0.4, 0.5) is 5.82 Å². The van der Waals surface area contributed by atoms with E-state index in [2.05, 4.69) is 37.4 Å². The van der Waals surface area contributed by atoms with Crippen molar-refractivity contribution in [3.05, 3.63) is 63.1 Å². The molecule has 0 fully saturated rings. The molecule has 2 heterocycles. The van der Waals surface area contributed by atoms with Crippen molar-refractivity contribution in [1.29, 1.82) is 0 Å². The van der Waals surface area contributed by atoms with Gasteiger partial charge in [-0.25, -0.2) is 4.68 Å². The maximum absolute atomic E-state index is 6.41. The van der Waals surface area contributed by atoms with Crippen molar-refractivity contribution in [2.75, 3.05) is 11.9 Å². The molecular weight excluding hydrogens is 341 g/mol. The maximum atomic E-state index is 6.41. The van der Waals surface area contributed by atoms with Crippen LogP contribution in [0.5, 0.6) is 0 Å². The summed E-state index contributed by atoms with van der Waals surface area (Å²) >= 11 is 12.6. The number of nitrogens with zero attached hydrogens (tertiary/aromatic N) is 2. The van der Waals surface area contributed by atoms with Gasteiger partial charge >= 0.3 is 0 Å². The fourth-order valence-electron chi connectivity index (χ4n) is 3.11. The quantitative estimate of drug-likeness (QED) is 0.662. The molecule has 0 amide bonds. The Morgan fingerprint density at radius 3 is 2.67 bits per heavy atom. The van der Waals surface area contributed by atoms with E-state index in [4.69, 9.17) is 28.3 Å². The molecule has 1 N–H and O–H groups in total. The number of anilines is 1. The van der Waals surface area contributed by atoms with Crippen molar-refractivity contribution in [3.63, 3.8) is 0 Å². The van der Waals surface area contributed by atoms with E-state index in [0.29, 0.717) is 10.0 Å². The van der Waals surface area contributed by atoms with Gasteiger partial charge in [0.25, 0.3) is 0 Å². The topological polar surface area (TPSA) is 29.9 Å². The van der Waals surface area contributed by atoms with Gasteiger partial charge in [-0.15, -0.1) is 0 Å². The molecule has 0 aliphatic carbocycles. The van der Waals surface area contributed by atoms with Crippen molar-refractivity contribution in [1.82, 2.24) is 9.78 Å². The first-order valence-electron chi connectivity index (χ1n) is 7.93. The summed E-state index contributed by atoms with van der Waals surface area (Å²) in [5.41, 5.74) is 6.55. The van der Waals surface area contributed by atoms with E-state index in [-0.39, 0.29) is 0 Å². The predicted molar refractivity (Wildman–Crippen MR) is 101 cm³/mol. The van der Waals surface area contributed by atoms with Gasteiger partial charge in [-0.05, 0) is 61.7 Å². The van der Waals surface area contributed by atoms with Gasteiger partial charge < -0.3 is 5.32 Å². The Kier molecular flexibility index (Phi) is 3.78. The predicted octanol–water partition coefficient (Wildman–Crippen LogP) is 5.43. The molecule has 0 radical (unpaired) electrons. The SMILES string of the molecule is Cc1ccc(-n2nc(-c3cc(Cl)ccc3Cl)c3c2NCC3)cc1C. The highest BCUT2D eigenvalue weighted by Crippen LogP contribution is 2.38. The minimum absolute atomic E-state index is 0.662. The van der Waals surface area contributed by atoms with Crippen LogP contribution in [0.1, 0.15) is 16.7 Å². The first-order chi connectivity index (χ1) is 11.5. The van der Waals surface area contributed by atoms with Crippen LogP contribution in [0.3, 0.4) is 0 Å². The molecule has 122 valence electrons. The van der Waals surface area contributed by atoms with Crippen LogP contribution in [0.2, 0.25) is 10.0 Å². The average molecular weight is 358 g/mol. The highest BCUT2D eigenvalue weighted by atomic mass is 35.5. The zero-order valence-electron chi connectivity index (χ0n) is 13.5. The van der Waals surface area contributed by atoms with E-state index < -0.39 is 0 Å². The average Bonchev–Trinajstić information content (AvgIpc) is 3.15. The molecule has 0 bridgehead atoms. The van der Waals surface area contributed by atoms with Gasteiger partial charge in [-0.1, -0.05) is 29.3 Å². The summed E-state index contributed by atoms with van der Waals surface area (Å²) in [6, 6.07) is 11.9. The number of hydrogen-bond acceptors (Lipinski definition) is 2. The van der Waals surface area contributed by atoms with E-state index in [0.717, 1.165) is 35.7 Å². The van der Waals surface area contributed by atoms with Crippen molar-refractivity contribution in [2.45, 2.75) is 20.3 Å². The second-order valence-electron chi connectivity index (χ2n) is 6.16. The van der Waals surface area contributed by atoms with Gasteiger partial charge in [0.15, 0.2) is 0 Å². The van der Waals surface area contributed by atoms with Crippen molar-refractivity contribution < 1.29 is 0 Å². The van der Waals surface area contributed by atoms with E-state index in [1.165, 1.54) is 16.7 Å². The van der Waals surface area contributed by atoms with Crippen LogP contribution in [0, 0.1) is 13.8 Å². The molecule has 5 heteroatoms. The number of halogens is 2. The summed E-state index contributed by atoms with van der Waals surface area (Å²) in [6.07, 6.45) is 0.929.